The minimum absolute atomic E-state index is 0.110. The second-order valence-electron chi connectivity index (χ2n) is 4.60. The molecule has 1 heterocycles. The maximum Gasteiger partial charge on any atom is 0.234 e. The van der Waals surface area contributed by atoms with Crippen molar-refractivity contribution in [2.24, 2.45) is 5.73 Å². The molecule has 1 saturated heterocycles. The lowest BCUT2D eigenvalue weighted by Crippen LogP contribution is -2.50. The lowest BCUT2D eigenvalue weighted by atomic mass is 10.3. The van der Waals surface area contributed by atoms with Crippen LogP contribution in [-0.2, 0) is 9.53 Å². The summed E-state index contributed by atoms with van der Waals surface area (Å²) in [6, 6.07) is 0. The van der Waals surface area contributed by atoms with Gasteiger partial charge in [-0.3, -0.25) is 14.6 Å². The third kappa shape index (κ3) is 6.30. The molecule has 0 unspecified atom stereocenters. The van der Waals surface area contributed by atoms with Crippen molar-refractivity contribution >= 4 is 5.91 Å². The third-order valence-electron chi connectivity index (χ3n) is 3.12. The number of nitrogens with zero attached hydrogens (tertiary/aromatic N) is 2. The number of carbonyl (C=O) groups excluding carboxylic acids is 1. The fraction of sp³-hybridized carbons (Fsp3) is 0.917. The molecule has 1 aliphatic heterocycles. The van der Waals surface area contributed by atoms with E-state index in [9.17, 15) is 4.79 Å². The Bertz CT molecular complexity index is 230. The molecule has 6 heteroatoms. The van der Waals surface area contributed by atoms with E-state index in [1.165, 1.54) is 0 Å². The zero-order chi connectivity index (χ0) is 13.2. The van der Waals surface area contributed by atoms with Crippen molar-refractivity contribution in [3.05, 3.63) is 0 Å². The topological polar surface area (TPSA) is 70.8 Å². The minimum Gasteiger partial charge on any atom is -0.385 e. The van der Waals surface area contributed by atoms with Crippen molar-refractivity contribution in [2.45, 2.75) is 6.42 Å². The molecule has 0 radical (unpaired) electrons. The van der Waals surface area contributed by atoms with Gasteiger partial charge in [-0.2, -0.15) is 0 Å². The van der Waals surface area contributed by atoms with Crippen LogP contribution in [0.25, 0.3) is 0 Å². The zero-order valence-electron chi connectivity index (χ0n) is 11.4. The van der Waals surface area contributed by atoms with E-state index in [1.54, 1.807) is 7.11 Å². The zero-order valence-corrected chi connectivity index (χ0v) is 11.4. The molecule has 0 spiro atoms. The van der Waals surface area contributed by atoms with Crippen LogP contribution >= 0.6 is 0 Å². The Labute approximate surface area is 109 Å². The van der Waals surface area contributed by atoms with Gasteiger partial charge in [-0.1, -0.05) is 0 Å². The normalized spacial score (nSPS) is 17.9. The van der Waals surface area contributed by atoms with E-state index in [1.807, 2.05) is 0 Å². The highest BCUT2D eigenvalue weighted by molar-refractivity contribution is 5.77. The molecule has 0 aromatic heterocycles. The maximum atomic E-state index is 11.7. The van der Waals surface area contributed by atoms with Crippen LogP contribution in [0.4, 0.5) is 0 Å². The van der Waals surface area contributed by atoms with Gasteiger partial charge in [0.15, 0.2) is 0 Å². The molecule has 1 aliphatic rings. The molecule has 0 bridgehead atoms. The van der Waals surface area contributed by atoms with Crippen LogP contribution in [0.2, 0.25) is 0 Å². The van der Waals surface area contributed by atoms with Gasteiger partial charge in [0.25, 0.3) is 0 Å². The molecule has 106 valence electrons. The van der Waals surface area contributed by atoms with Gasteiger partial charge in [0.05, 0.1) is 6.54 Å². The summed E-state index contributed by atoms with van der Waals surface area (Å²) in [6.45, 7) is 7.47. The molecule has 1 fully saturated rings. The maximum absolute atomic E-state index is 11.7. The predicted molar refractivity (Wildman–Crippen MR) is 71.4 cm³/mol. The largest absolute Gasteiger partial charge is 0.385 e. The first-order valence-electron chi connectivity index (χ1n) is 6.66. The van der Waals surface area contributed by atoms with Gasteiger partial charge in [0.2, 0.25) is 5.91 Å². The minimum atomic E-state index is 0.110. The highest BCUT2D eigenvalue weighted by Gasteiger charge is 2.17. The summed E-state index contributed by atoms with van der Waals surface area (Å²) >= 11 is 0. The van der Waals surface area contributed by atoms with Crippen LogP contribution in [0.3, 0.4) is 0 Å². The number of hydrogen-bond acceptors (Lipinski definition) is 5. The highest BCUT2D eigenvalue weighted by Crippen LogP contribution is 2.00. The van der Waals surface area contributed by atoms with Crippen molar-refractivity contribution in [1.29, 1.82) is 0 Å². The SMILES string of the molecule is COCCCNC(=O)CN1CCN(CCN)CC1. The van der Waals surface area contributed by atoms with Crippen molar-refractivity contribution in [1.82, 2.24) is 15.1 Å². The quantitative estimate of drug-likeness (QED) is 0.530. The van der Waals surface area contributed by atoms with Crippen LogP contribution < -0.4 is 11.1 Å². The standard InChI is InChI=1S/C12H26N4O2/c1-18-10-2-4-14-12(17)11-16-8-6-15(5-3-13)7-9-16/h2-11,13H2,1H3,(H,14,17). The van der Waals surface area contributed by atoms with E-state index in [0.717, 1.165) is 39.1 Å². The highest BCUT2D eigenvalue weighted by atomic mass is 16.5. The summed E-state index contributed by atoms with van der Waals surface area (Å²) in [4.78, 5) is 16.2. The lowest BCUT2D eigenvalue weighted by Gasteiger charge is -2.33. The first kappa shape index (κ1) is 15.4. The second-order valence-corrected chi connectivity index (χ2v) is 4.60. The van der Waals surface area contributed by atoms with E-state index in [0.29, 0.717) is 26.2 Å². The first-order valence-corrected chi connectivity index (χ1v) is 6.66. The summed E-state index contributed by atoms with van der Waals surface area (Å²) in [7, 11) is 1.67. The van der Waals surface area contributed by atoms with Crippen LogP contribution in [0.1, 0.15) is 6.42 Å². The molecule has 1 rings (SSSR count). The third-order valence-corrected chi connectivity index (χ3v) is 3.12. The molecule has 3 N–H and O–H groups in total. The molecule has 0 atom stereocenters. The Morgan fingerprint density at radius 3 is 2.56 bits per heavy atom. The first-order chi connectivity index (χ1) is 8.76. The van der Waals surface area contributed by atoms with E-state index >= 15 is 0 Å². The van der Waals surface area contributed by atoms with Crippen molar-refractivity contribution in [2.75, 3.05) is 66.1 Å². The van der Waals surface area contributed by atoms with Gasteiger partial charge >= 0.3 is 0 Å². The Morgan fingerprint density at radius 2 is 1.94 bits per heavy atom. The monoisotopic (exact) mass is 258 g/mol. The molecule has 0 aliphatic carbocycles. The predicted octanol–water partition coefficient (Wildman–Crippen LogP) is -1.28. The van der Waals surface area contributed by atoms with Crippen molar-refractivity contribution in [3.63, 3.8) is 0 Å². The average molecular weight is 258 g/mol. The molecular formula is C12H26N4O2. The Morgan fingerprint density at radius 1 is 1.28 bits per heavy atom. The molecule has 18 heavy (non-hydrogen) atoms. The van der Waals surface area contributed by atoms with E-state index in [2.05, 4.69) is 15.1 Å². The molecule has 0 saturated carbocycles. The number of piperazine rings is 1. The number of rotatable bonds is 8. The van der Waals surface area contributed by atoms with Crippen LogP contribution in [-0.4, -0.2) is 81.8 Å². The van der Waals surface area contributed by atoms with Crippen molar-refractivity contribution in [3.8, 4) is 0 Å². The Balaban J connectivity index is 2.07. The van der Waals surface area contributed by atoms with Crippen molar-refractivity contribution < 1.29 is 9.53 Å². The Hall–Kier alpha value is -0.690. The molecule has 1 amide bonds. The van der Waals surface area contributed by atoms with E-state index in [-0.39, 0.29) is 5.91 Å². The number of hydrogen-bond donors (Lipinski definition) is 2. The summed E-state index contributed by atoms with van der Waals surface area (Å²) < 4.78 is 4.93. The van der Waals surface area contributed by atoms with E-state index < -0.39 is 0 Å². The number of amides is 1. The van der Waals surface area contributed by atoms with Gasteiger partial charge in [-0.05, 0) is 6.42 Å². The summed E-state index contributed by atoms with van der Waals surface area (Å²) in [6.07, 6.45) is 0.868. The second kappa shape index (κ2) is 9.27. The smallest absolute Gasteiger partial charge is 0.234 e. The number of carbonyl (C=O) groups is 1. The lowest BCUT2D eigenvalue weighted by molar-refractivity contribution is -0.122. The average Bonchev–Trinajstić information content (AvgIpc) is 2.37. The van der Waals surface area contributed by atoms with E-state index in [4.69, 9.17) is 10.5 Å². The number of ether oxygens (including phenoxy) is 1. The molecule has 0 aromatic rings. The Kier molecular flexibility index (Phi) is 7.91. The molecule has 0 aromatic carbocycles. The summed E-state index contributed by atoms with van der Waals surface area (Å²) in [5.41, 5.74) is 5.52. The van der Waals surface area contributed by atoms with Gasteiger partial charge in [-0.15, -0.1) is 0 Å². The van der Waals surface area contributed by atoms with Gasteiger partial charge in [-0.25, -0.2) is 0 Å². The molecule has 6 nitrogen and oxygen atoms in total. The van der Waals surface area contributed by atoms with Crippen LogP contribution in [0, 0.1) is 0 Å². The number of nitrogens with two attached hydrogens (primary N) is 1. The summed E-state index contributed by atoms with van der Waals surface area (Å²) in [5, 5.41) is 2.91. The summed E-state index contributed by atoms with van der Waals surface area (Å²) in [5.74, 6) is 0.110. The van der Waals surface area contributed by atoms with Gasteiger partial charge < -0.3 is 15.8 Å². The number of methoxy groups -OCH3 is 1. The van der Waals surface area contributed by atoms with Gasteiger partial charge in [0, 0.05) is 59.5 Å². The van der Waals surface area contributed by atoms with Crippen LogP contribution in [0.15, 0.2) is 0 Å². The molecular weight excluding hydrogens is 232 g/mol. The number of nitrogens with one attached hydrogen (secondary N) is 1. The van der Waals surface area contributed by atoms with Crippen LogP contribution in [0.5, 0.6) is 0 Å². The fourth-order valence-electron chi connectivity index (χ4n) is 2.06. The van der Waals surface area contributed by atoms with Gasteiger partial charge in [0.1, 0.15) is 0 Å². The fourth-order valence-corrected chi connectivity index (χ4v) is 2.06.